The maximum atomic E-state index is 9.93. The van der Waals surface area contributed by atoms with Crippen molar-refractivity contribution in [2.45, 2.75) is 51.2 Å². The fourth-order valence-corrected chi connectivity index (χ4v) is 2.74. The van der Waals surface area contributed by atoms with Gasteiger partial charge in [0.2, 0.25) is 0 Å². The molecule has 0 aromatic heterocycles. The van der Waals surface area contributed by atoms with Gasteiger partial charge in [0.25, 0.3) is 0 Å². The van der Waals surface area contributed by atoms with E-state index in [1.54, 1.807) is 13.8 Å². The van der Waals surface area contributed by atoms with Crippen LogP contribution in [0.5, 0.6) is 5.75 Å². The fraction of sp³-hybridized carbons (Fsp3) is 0.588. The zero-order valence-electron chi connectivity index (χ0n) is 12.8. The van der Waals surface area contributed by atoms with E-state index in [2.05, 4.69) is 6.07 Å². The standard InChI is InChI=1S/C17H24N2O2/c1-16(2,20)15(19)13-5-7-14(8-6-13)21-12-17(11-18)9-3-4-10-17/h5-8,15,20H,3-4,9-10,12,19H2,1-2H3. The van der Waals surface area contributed by atoms with Crippen molar-refractivity contribution in [1.82, 2.24) is 0 Å². The molecule has 0 spiro atoms. The molecule has 0 amide bonds. The zero-order chi connectivity index (χ0) is 15.5. The van der Waals surface area contributed by atoms with E-state index in [9.17, 15) is 10.4 Å². The molecule has 0 saturated heterocycles. The average molecular weight is 288 g/mol. The van der Waals surface area contributed by atoms with Crippen molar-refractivity contribution in [2.75, 3.05) is 6.61 Å². The van der Waals surface area contributed by atoms with Gasteiger partial charge in [0.15, 0.2) is 0 Å². The lowest BCUT2D eigenvalue weighted by atomic mass is 9.89. The molecule has 2 rings (SSSR count). The van der Waals surface area contributed by atoms with E-state index < -0.39 is 11.6 Å². The van der Waals surface area contributed by atoms with Crippen LogP contribution in [0.3, 0.4) is 0 Å². The molecule has 1 atom stereocenters. The number of nitrogens with zero attached hydrogens (tertiary/aromatic N) is 1. The Balaban J connectivity index is 1.99. The third-order valence-electron chi connectivity index (χ3n) is 4.31. The number of nitrogens with two attached hydrogens (primary N) is 1. The summed E-state index contributed by atoms with van der Waals surface area (Å²) in [5, 5.41) is 19.3. The summed E-state index contributed by atoms with van der Waals surface area (Å²) >= 11 is 0. The quantitative estimate of drug-likeness (QED) is 0.873. The minimum absolute atomic E-state index is 0.317. The normalized spacial score (nSPS) is 19.0. The first kappa shape index (κ1) is 15.8. The summed E-state index contributed by atoms with van der Waals surface area (Å²) in [5.74, 6) is 0.739. The van der Waals surface area contributed by atoms with E-state index in [4.69, 9.17) is 10.5 Å². The van der Waals surface area contributed by atoms with Gasteiger partial charge in [-0.2, -0.15) is 5.26 Å². The molecule has 1 aliphatic carbocycles. The summed E-state index contributed by atoms with van der Waals surface area (Å²) in [6, 6.07) is 9.41. The highest BCUT2D eigenvalue weighted by molar-refractivity contribution is 5.30. The first-order chi connectivity index (χ1) is 9.86. The van der Waals surface area contributed by atoms with Crippen molar-refractivity contribution < 1.29 is 9.84 Å². The molecule has 0 heterocycles. The number of nitriles is 1. The van der Waals surface area contributed by atoms with E-state index in [1.165, 1.54) is 0 Å². The summed E-state index contributed by atoms with van der Waals surface area (Å²) in [6.45, 7) is 3.83. The predicted octanol–water partition coefficient (Wildman–Crippen LogP) is 2.92. The van der Waals surface area contributed by atoms with Crippen LogP contribution in [0.1, 0.15) is 51.1 Å². The summed E-state index contributed by atoms with van der Waals surface area (Å²) < 4.78 is 5.78. The van der Waals surface area contributed by atoms with Crippen molar-refractivity contribution in [3.8, 4) is 11.8 Å². The highest BCUT2D eigenvalue weighted by Gasteiger charge is 2.34. The molecule has 1 aromatic rings. The summed E-state index contributed by atoms with van der Waals surface area (Å²) in [6.07, 6.45) is 4.06. The first-order valence-corrected chi connectivity index (χ1v) is 7.48. The van der Waals surface area contributed by atoms with Crippen molar-refractivity contribution in [2.24, 2.45) is 11.1 Å². The van der Waals surface area contributed by atoms with E-state index in [0.29, 0.717) is 6.61 Å². The minimum atomic E-state index is -0.961. The van der Waals surface area contributed by atoms with Crippen molar-refractivity contribution >= 4 is 0 Å². The van der Waals surface area contributed by atoms with Gasteiger partial charge in [0, 0.05) is 0 Å². The van der Waals surface area contributed by atoms with Gasteiger partial charge in [-0.3, -0.25) is 0 Å². The Morgan fingerprint density at radius 3 is 2.38 bits per heavy atom. The minimum Gasteiger partial charge on any atom is -0.492 e. The van der Waals surface area contributed by atoms with Crippen molar-refractivity contribution in [3.05, 3.63) is 29.8 Å². The smallest absolute Gasteiger partial charge is 0.119 e. The van der Waals surface area contributed by atoms with E-state index in [0.717, 1.165) is 37.0 Å². The molecule has 1 aromatic carbocycles. The molecule has 1 aliphatic rings. The Hall–Kier alpha value is -1.57. The Kier molecular flexibility index (Phi) is 4.55. The number of rotatable bonds is 5. The summed E-state index contributed by atoms with van der Waals surface area (Å²) in [5.41, 5.74) is 5.59. The third kappa shape index (κ3) is 3.75. The van der Waals surface area contributed by atoms with Gasteiger partial charge >= 0.3 is 0 Å². The Bertz CT molecular complexity index is 505. The van der Waals surface area contributed by atoms with Crippen molar-refractivity contribution in [3.63, 3.8) is 0 Å². The second-order valence-electron chi connectivity index (χ2n) is 6.59. The highest BCUT2D eigenvalue weighted by Crippen LogP contribution is 2.38. The number of benzene rings is 1. The second-order valence-corrected chi connectivity index (χ2v) is 6.59. The molecule has 114 valence electrons. The number of hydrogen-bond acceptors (Lipinski definition) is 4. The molecule has 4 nitrogen and oxygen atoms in total. The molecular weight excluding hydrogens is 264 g/mol. The molecule has 0 bridgehead atoms. The van der Waals surface area contributed by atoms with Crippen LogP contribution in [-0.2, 0) is 0 Å². The summed E-state index contributed by atoms with van der Waals surface area (Å²) in [4.78, 5) is 0. The maximum absolute atomic E-state index is 9.93. The van der Waals surface area contributed by atoms with Gasteiger partial charge in [-0.15, -0.1) is 0 Å². The van der Waals surface area contributed by atoms with Crippen LogP contribution in [0.2, 0.25) is 0 Å². The molecule has 0 radical (unpaired) electrons. The molecular formula is C17H24N2O2. The van der Waals surface area contributed by atoms with Crippen LogP contribution < -0.4 is 10.5 Å². The predicted molar refractivity (Wildman–Crippen MR) is 81.7 cm³/mol. The fourth-order valence-electron chi connectivity index (χ4n) is 2.74. The second kappa shape index (κ2) is 6.05. The Labute approximate surface area is 126 Å². The molecule has 1 unspecified atom stereocenters. The lowest BCUT2D eigenvalue weighted by Gasteiger charge is -2.26. The van der Waals surface area contributed by atoms with E-state index >= 15 is 0 Å². The van der Waals surface area contributed by atoms with Crippen LogP contribution >= 0.6 is 0 Å². The van der Waals surface area contributed by atoms with Crippen LogP contribution in [0.25, 0.3) is 0 Å². The monoisotopic (exact) mass is 288 g/mol. The Morgan fingerprint density at radius 1 is 1.33 bits per heavy atom. The van der Waals surface area contributed by atoms with Crippen molar-refractivity contribution in [1.29, 1.82) is 5.26 Å². The highest BCUT2D eigenvalue weighted by atomic mass is 16.5. The van der Waals surface area contributed by atoms with Crippen LogP contribution in [0.15, 0.2) is 24.3 Å². The van der Waals surface area contributed by atoms with E-state index in [-0.39, 0.29) is 5.41 Å². The van der Waals surface area contributed by atoms with Crippen LogP contribution in [-0.4, -0.2) is 17.3 Å². The zero-order valence-corrected chi connectivity index (χ0v) is 12.8. The van der Waals surface area contributed by atoms with Gasteiger partial charge in [-0.05, 0) is 44.4 Å². The first-order valence-electron chi connectivity index (χ1n) is 7.48. The lowest BCUT2D eigenvalue weighted by Crippen LogP contribution is -2.34. The number of hydrogen-bond donors (Lipinski definition) is 2. The van der Waals surface area contributed by atoms with Gasteiger partial charge in [-0.25, -0.2) is 0 Å². The summed E-state index contributed by atoms with van der Waals surface area (Å²) in [7, 11) is 0. The molecule has 21 heavy (non-hydrogen) atoms. The average Bonchev–Trinajstić information content (AvgIpc) is 2.93. The largest absolute Gasteiger partial charge is 0.492 e. The van der Waals surface area contributed by atoms with Gasteiger partial charge in [0.05, 0.1) is 23.1 Å². The van der Waals surface area contributed by atoms with Gasteiger partial charge in [0.1, 0.15) is 12.4 Å². The Morgan fingerprint density at radius 2 is 1.90 bits per heavy atom. The SMILES string of the molecule is CC(C)(O)C(N)c1ccc(OCC2(C#N)CCCC2)cc1. The molecule has 3 N–H and O–H groups in total. The number of ether oxygens (including phenoxy) is 1. The molecule has 0 aliphatic heterocycles. The number of aliphatic hydroxyl groups is 1. The third-order valence-corrected chi connectivity index (χ3v) is 4.31. The van der Waals surface area contributed by atoms with E-state index in [1.807, 2.05) is 24.3 Å². The molecule has 1 saturated carbocycles. The lowest BCUT2D eigenvalue weighted by molar-refractivity contribution is 0.0517. The maximum Gasteiger partial charge on any atom is 0.119 e. The van der Waals surface area contributed by atoms with Gasteiger partial charge < -0.3 is 15.6 Å². The molecule has 1 fully saturated rings. The molecule has 4 heteroatoms. The van der Waals surface area contributed by atoms with Gasteiger partial charge in [-0.1, -0.05) is 25.0 Å². The topological polar surface area (TPSA) is 79.3 Å². The van der Waals surface area contributed by atoms with Crippen LogP contribution in [0, 0.1) is 16.7 Å². The van der Waals surface area contributed by atoms with Crippen LogP contribution in [0.4, 0.5) is 0 Å².